The lowest BCUT2D eigenvalue weighted by atomic mass is 10.1. The van der Waals surface area contributed by atoms with Crippen molar-refractivity contribution in [2.24, 2.45) is 0 Å². The first-order valence-corrected chi connectivity index (χ1v) is 4.21. The Kier molecular flexibility index (Phi) is 1.99. The molecule has 0 N–H and O–H groups in total. The number of nitro groups is 1. The molecule has 1 aliphatic heterocycles. The number of rotatable bonds is 2. The van der Waals surface area contributed by atoms with Crippen molar-refractivity contribution >= 4 is 0 Å². The van der Waals surface area contributed by atoms with Crippen LogP contribution in [-0.4, -0.2) is 11.7 Å². The molecule has 0 aliphatic carbocycles. The summed E-state index contributed by atoms with van der Waals surface area (Å²) < 4.78 is 10.2. The van der Waals surface area contributed by atoms with Crippen molar-refractivity contribution in [2.75, 3.05) is 6.79 Å². The highest BCUT2D eigenvalue weighted by Crippen LogP contribution is 2.34. The maximum Gasteiger partial charge on any atom is 0.235 e. The van der Waals surface area contributed by atoms with E-state index in [0.29, 0.717) is 17.1 Å². The highest BCUT2D eigenvalue weighted by Gasteiger charge is 2.20. The number of benzene rings is 1. The van der Waals surface area contributed by atoms with Crippen molar-refractivity contribution in [2.45, 2.75) is 13.0 Å². The van der Waals surface area contributed by atoms with Gasteiger partial charge in [-0.25, -0.2) is 0 Å². The molecule has 5 heteroatoms. The molecule has 1 aromatic carbocycles. The molecule has 2 rings (SSSR count). The van der Waals surface area contributed by atoms with Crippen LogP contribution >= 0.6 is 0 Å². The predicted octanol–water partition coefficient (Wildman–Crippen LogP) is 1.75. The summed E-state index contributed by atoms with van der Waals surface area (Å²) in [6.45, 7) is 1.73. The fourth-order valence-electron chi connectivity index (χ4n) is 1.29. The third-order valence-corrected chi connectivity index (χ3v) is 2.20. The monoisotopic (exact) mass is 195 g/mol. The van der Waals surface area contributed by atoms with E-state index in [1.807, 2.05) is 0 Å². The van der Waals surface area contributed by atoms with Gasteiger partial charge in [0.25, 0.3) is 0 Å². The minimum Gasteiger partial charge on any atom is -0.454 e. The summed E-state index contributed by atoms with van der Waals surface area (Å²) in [6.07, 6.45) is 0. The van der Waals surface area contributed by atoms with Crippen LogP contribution in [0, 0.1) is 10.1 Å². The zero-order valence-corrected chi connectivity index (χ0v) is 7.60. The lowest BCUT2D eigenvalue weighted by molar-refractivity contribution is -0.524. The Morgan fingerprint density at radius 2 is 2.14 bits per heavy atom. The maximum absolute atomic E-state index is 10.5. The molecule has 0 amide bonds. The second-order valence-corrected chi connectivity index (χ2v) is 3.07. The standard InChI is InChI=1S/C9H9NO4/c1-6(10(11)12)7-2-3-8-9(4-7)14-5-13-8/h2-4,6H,5H2,1H3. The van der Waals surface area contributed by atoms with E-state index < -0.39 is 6.04 Å². The minimum atomic E-state index is -0.718. The lowest BCUT2D eigenvalue weighted by Gasteiger charge is -2.04. The number of hydrogen-bond donors (Lipinski definition) is 0. The summed E-state index contributed by atoms with van der Waals surface area (Å²) in [7, 11) is 0. The smallest absolute Gasteiger partial charge is 0.235 e. The molecule has 1 aliphatic rings. The number of hydrogen-bond acceptors (Lipinski definition) is 4. The van der Waals surface area contributed by atoms with Gasteiger partial charge in [0, 0.05) is 17.4 Å². The van der Waals surface area contributed by atoms with E-state index in [1.54, 1.807) is 18.2 Å². The summed E-state index contributed by atoms with van der Waals surface area (Å²) >= 11 is 0. The van der Waals surface area contributed by atoms with Crippen molar-refractivity contribution in [1.29, 1.82) is 0 Å². The molecule has 0 fully saturated rings. The summed E-state index contributed by atoms with van der Waals surface area (Å²) in [5.41, 5.74) is 0.624. The van der Waals surface area contributed by atoms with Gasteiger partial charge in [-0.3, -0.25) is 10.1 Å². The van der Waals surface area contributed by atoms with E-state index in [2.05, 4.69) is 0 Å². The molecule has 1 heterocycles. The summed E-state index contributed by atoms with van der Waals surface area (Å²) in [4.78, 5) is 10.2. The first-order chi connectivity index (χ1) is 6.68. The van der Waals surface area contributed by atoms with Gasteiger partial charge in [-0.1, -0.05) is 0 Å². The Balaban J connectivity index is 2.33. The highest BCUT2D eigenvalue weighted by molar-refractivity contribution is 5.44. The summed E-state index contributed by atoms with van der Waals surface area (Å²) in [5, 5.41) is 10.5. The highest BCUT2D eigenvalue weighted by atomic mass is 16.7. The zero-order valence-electron chi connectivity index (χ0n) is 7.60. The Morgan fingerprint density at radius 3 is 2.86 bits per heavy atom. The molecule has 0 radical (unpaired) electrons. The summed E-state index contributed by atoms with van der Waals surface area (Å²) in [5.74, 6) is 1.22. The number of fused-ring (bicyclic) bond motifs is 1. The van der Waals surface area contributed by atoms with Crippen LogP contribution in [0.15, 0.2) is 18.2 Å². The molecule has 1 atom stereocenters. The van der Waals surface area contributed by atoms with E-state index in [9.17, 15) is 10.1 Å². The van der Waals surface area contributed by atoms with Crippen LogP contribution in [0.25, 0.3) is 0 Å². The summed E-state index contributed by atoms with van der Waals surface area (Å²) in [6, 6.07) is 4.30. The van der Waals surface area contributed by atoms with Crippen molar-refractivity contribution in [3.8, 4) is 11.5 Å². The van der Waals surface area contributed by atoms with E-state index in [1.165, 1.54) is 6.92 Å². The second kappa shape index (κ2) is 3.17. The predicted molar refractivity (Wildman–Crippen MR) is 48.0 cm³/mol. The Hall–Kier alpha value is -1.78. The van der Waals surface area contributed by atoms with Crippen LogP contribution in [0.2, 0.25) is 0 Å². The molecule has 0 aromatic heterocycles. The topological polar surface area (TPSA) is 61.6 Å². The van der Waals surface area contributed by atoms with Gasteiger partial charge in [0.05, 0.1) is 0 Å². The fraction of sp³-hybridized carbons (Fsp3) is 0.333. The molecule has 0 saturated carbocycles. The van der Waals surface area contributed by atoms with Crippen molar-refractivity contribution in [3.05, 3.63) is 33.9 Å². The largest absolute Gasteiger partial charge is 0.454 e. The third kappa shape index (κ3) is 1.37. The van der Waals surface area contributed by atoms with Gasteiger partial charge in [-0.2, -0.15) is 0 Å². The molecular formula is C9H9NO4. The molecular weight excluding hydrogens is 186 g/mol. The van der Waals surface area contributed by atoms with Crippen molar-refractivity contribution in [3.63, 3.8) is 0 Å². The average molecular weight is 195 g/mol. The molecule has 1 unspecified atom stereocenters. The van der Waals surface area contributed by atoms with Gasteiger partial charge in [0.15, 0.2) is 11.5 Å². The normalized spacial score (nSPS) is 15.2. The minimum absolute atomic E-state index is 0.186. The van der Waals surface area contributed by atoms with Crippen LogP contribution in [0.5, 0.6) is 11.5 Å². The van der Waals surface area contributed by atoms with Crippen molar-refractivity contribution < 1.29 is 14.4 Å². The van der Waals surface area contributed by atoms with Crippen LogP contribution in [0.3, 0.4) is 0 Å². The van der Waals surface area contributed by atoms with Crippen LogP contribution < -0.4 is 9.47 Å². The Labute approximate surface area is 80.4 Å². The van der Waals surface area contributed by atoms with Gasteiger partial charge in [-0.15, -0.1) is 0 Å². The average Bonchev–Trinajstić information content (AvgIpc) is 2.62. The third-order valence-electron chi connectivity index (χ3n) is 2.20. The van der Waals surface area contributed by atoms with Gasteiger partial charge in [-0.05, 0) is 18.2 Å². The fourth-order valence-corrected chi connectivity index (χ4v) is 1.29. The molecule has 74 valence electrons. The van der Waals surface area contributed by atoms with Crippen LogP contribution in [0.4, 0.5) is 0 Å². The SMILES string of the molecule is CC(c1ccc2c(c1)OCO2)[N+](=O)[O-]. The van der Waals surface area contributed by atoms with Crippen LogP contribution in [0.1, 0.15) is 18.5 Å². The van der Waals surface area contributed by atoms with Gasteiger partial charge in [0.2, 0.25) is 12.8 Å². The van der Waals surface area contributed by atoms with E-state index in [4.69, 9.17) is 9.47 Å². The molecule has 5 nitrogen and oxygen atoms in total. The number of ether oxygens (including phenoxy) is 2. The van der Waals surface area contributed by atoms with Gasteiger partial charge < -0.3 is 9.47 Å². The zero-order chi connectivity index (χ0) is 10.1. The first kappa shape index (κ1) is 8.80. The van der Waals surface area contributed by atoms with Crippen LogP contribution in [-0.2, 0) is 0 Å². The lowest BCUT2D eigenvalue weighted by Crippen LogP contribution is -2.05. The molecule has 1 aromatic rings. The molecule has 0 bridgehead atoms. The second-order valence-electron chi connectivity index (χ2n) is 3.07. The maximum atomic E-state index is 10.5. The van der Waals surface area contributed by atoms with Gasteiger partial charge >= 0.3 is 0 Å². The van der Waals surface area contributed by atoms with E-state index >= 15 is 0 Å². The Morgan fingerprint density at radius 1 is 1.43 bits per heavy atom. The molecule has 0 saturated heterocycles. The first-order valence-electron chi connectivity index (χ1n) is 4.21. The Bertz CT molecular complexity index is 377. The van der Waals surface area contributed by atoms with Crippen molar-refractivity contribution in [1.82, 2.24) is 0 Å². The number of nitrogens with zero attached hydrogens (tertiary/aromatic N) is 1. The van der Waals surface area contributed by atoms with Gasteiger partial charge in [0.1, 0.15) is 0 Å². The van der Waals surface area contributed by atoms with E-state index in [-0.39, 0.29) is 11.7 Å². The molecule has 0 spiro atoms. The van der Waals surface area contributed by atoms with E-state index in [0.717, 1.165) is 0 Å². The quantitative estimate of drug-likeness (QED) is 0.532. The molecule has 14 heavy (non-hydrogen) atoms.